The van der Waals surface area contributed by atoms with Gasteiger partial charge >= 0.3 is 18.4 Å². The molecular weight excluding hydrogens is 931 g/mol. The Hall–Kier alpha value is -6.64. The minimum absolute atomic E-state index is 0.00577. The maximum absolute atomic E-state index is 13.6. The third-order valence-corrected chi connectivity index (χ3v) is 11.8. The molecule has 6 N–H and O–H groups in total. The number of amides is 1. The van der Waals surface area contributed by atoms with Crippen LogP contribution < -0.4 is 26.7 Å². The lowest BCUT2D eigenvalue weighted by Crippen LogP contribution is -2.45. The molecule has 382 valence electrons. The van der Waals surface area contributed by atoms with Crippen LogP contribution in [0.1, 0.15) is 127 Å². The molecule has 0 bridgehead atoms. The van der Waals surface area contributed by atoms with E-state index < -0.39 is 79.3 Å². The molecule has 6 rings (SSSR count). The predicted molar refractivity (Wildman–Crippen MR) is 251 cm³/mol. The van der Waals surface area contributed by atoms with Crippen molar-refractivity contribution in [3.8, 4) is 23.0 Å². The number of nitrogens with two attached hydrogens (primary N) is 3. The van der Waals surface area contributed by atoms with Crippen molar-refractivity contribution < 1.29 is 60.0 Å². The minimum Gasteiger partial charge on any atom is -0.457 e. The number of ether oxygens (including phenoxy) is 3. The largest absolute Gasteiger partial charge is 0.457 e. The molecule has 0 heterocycles. The van der Waals surface area contributed by atoms with Gasteiger partial charge in [-0.3, -0.25) is 25.0 Å². The SMILES string of the molecule is CC1(C)CCC(N(Cc2ccc(Oc3cc(N)c([N+](=O)[O-])cc3C(F)(F)F)cc2)C(=O)OC(C)(C)C)CC1.CC1(C)CCC(N)CC1.Nc1cc(Oc2ccc(C=O)cc2)c(C(F)(F)F)cc1[N+](=O)[O-]. The number of rotatable bonds is 10. The number of halogens is 6. The maximum Gasteiger partial charge on any atom is 0.420 e. The van der Waals surface area contributed by atoms with Crippen LogP contribution in [0.3, 0.4) is 0 Å². The fourth-order valence-electron chi connectivity index (χ4n) is 7.60. The third kappa shape index (κ3) is 16.5. The lowest BCUT2D eigenvalue weighted by molar-refractivity contribution is -0.384. The highest BCUT2D eigenvalue weighted by molar-refractivity contribution is 5.75. The van der Waals surface area contributed by atoms with Crippen molar-refractivity contribution in [3.05, 3.63) is 115 Å². The van der Waals surface area contributed by atoms with E-state index in [-0.39, 0.29) is 29.5 Å². The van der Waals surface area contributed by atoms with Gasteiger partial charge in [0.1, 0.15) is 57.4 Å². The van der Waals surface area contributed by atoms with Crippen LogP contribution in [-0.4, -0.2) is 44.8 Å². The Morgan fingerprint density at radius 2 is 1.09 bits per heavy atom. The van der Waals surface area contributed by atoms with E-state index in [1.54, 1.807) is 37.8 Å². The summed E-state index contributed by atoms with van der Waals surface area (Å²) in [6, 6.07) is 14.3. The molecule has 2 saturated carbocycles. The van der Waals surface area contributed by atoms with Crippen LogP contribution in [-0.2, 0) is 23.6 Å². The number of hydrogen-bond donors (Lipinski definition) is 3. The van der Waals surface area contributed by atoms with Gasteiger partial charge in [-0.2, -0.15) is 26.3 Å². The molecule has 2 aliphatic rings. The van der Waals surface area contributed by atoms with E-state index in [4.69, 9.17) is 31.4 Å². The zero-order chi connectivity index (χ0) is 52.6. The summed E-state index contributed by atoms with van der Waals surface area (Å²) in [6.45, 7) is 14.8. The van der Waals surface area contributed by atoms with Crippen LogP contribution in [0.15, 0.2) is 72.8 Å². The molecule has 0 saturated heterocycles. The Morgan fingerprint density at radius 1 is 0.700 bits per heavy atom. The third-order valence-electron chi connectivity index (χ3n) is 11.8. The summed E-state index contributed by atoms with van der Waals surface area (Å²) in [4.78, 5) is 45.1. The number of anilines is 2. The number of aldehydes is 1. The van der Waals surface area contributed by atoms with Crippen LogP contribution in [0.5, 0.6) is 23.0 Å². The fraction of sp³-hybridized carbons (Fsp3) is 0.469. The number of carbonyl (C=O) groups excluding carboxylic acids is 2. The zero-order valence-corrected chi connectivity index (χ0v) is 40.0. The number of nitro groups is 2. The number of benzene rings is 4. The Bertz CT molecular complexity index is 2450. The minimum atomic E-state index is -4.89. The van der Waals surface area contributed by atoms with Gasteiger partial charge < -0.3 is 36.3 Å². The van der Waals surface area contributed by atoms with Gasteiger partial charge in [-0.05, 0) is 125 Å². The number of nitrogens with zero attached hydrogens (tertiary/aromatic N) is 3. The highest BCUT2D eigenvalue weighted by Crippen LogP contribution is 2.45. The summed E-state index contributed by atoms with van der Waals surface area (Å²) in [6.07, 6.45) is -0.888. The van der Waals surface area contributed by atoms with Crippen LogP contribution >= 0.6 is 0 Å². The maximum atomic E-state index is 13.6. The van der Waals surface area contributed by atoms with E-state index in [0.717, 1.165) is 43.4 Å². The summed E-state index contributed by atoms with van der Waals surface area (Å²) < 4.78 is 96.0. The Kier molecular flexibility index (Phi) is 17.9. The molecule has 0 unspecified atom stereocenters. The van der Waals surface area contributed by atoms with Crippen molar-refractivity contribution in [1.29, 1.82) is 0 Å². The molecule has 0 aromatic heterocycles. The summed E-state index contributed by atoms with van der Waals surface area (Å²) in [5.41, 5.74) is 12.7. The molecule has 1 amide bonds. The van der Waals surface area contributed by atoms with Gasteiger partial charge in [0.2, 0.25) is 0 Å². The first-order chi connectivity index (χ1) is 32.3. The molecule has 70 heavy (non-hydrogen) atoms. The van der Waals surface area contributed by atoms with E-state index in [2.05, 4.69) is 27.7 Å². The Labute approximate surface area is 401 Å². The van der Waals surface area contributed by atoms with Gasteiger partial charge in [-0.25, -0.2) is 4.79 Å². The van der Waals surface area contributed by atoms with Gasteiger partial charge in [-0.1, -0.05) is 39.8 Å². The summed E-state index contributed by atoms with van der Waals surface area (Å²) in [5.74, 6) is -1.21. The zero-order valence-electron chi connectivity index (χ0n) is 40.0. The number of nitrogen functional groups attached to an aromatic ring is 2. The smallest absolute Gasteiger partial charge is 0.420 e. The van der Waals surface area contributed by atoms with E-state index >= 15 is 0 Å². The lowest BCUT2D eigenvalue weighted by atomic mass is 9.75. The number of alkyl halides is 6. The first-order valence-electron chi connectivity index (χ1n) is 22.3. The molecule has 0 radical (unpaired) electrons. The molecule has 0 atom stereocenters. The Morgan fingerprint density at radius 3 is 1.43 bits per heavy atom. The second-order valence-electron chi connectivity index (χ2n) is 19.9. The highest BCUT2D eigenvalue weighted by Gasteiger charge is 2.39. The van der Waals surface area contributed by atoms with Crippen LogP contribution in [0.2, 0.25) is 0 Å². The van der Waals surface area contributed by atoms with E-state index in [9.17, 15) is 56.2 Å². The number of nitro benzene ring substituents is 2. The molecule has 2 aliphatic carbocycles. The summed E-state index contributed by atoms with van der Waals surface area (Å²) >= 11 is 0. The van der Waals surface area contributed by atoms with Crippen molar-refractivity contribution in [2.24, 2.45) is 16.6 Å². The molecule has 15 nitrogen and oxygen atoms in total. The molecule has 4 aromatic carbocycles. The first-order valence-corrected chi connectivity index (χ1v) is 22.3. The number of carbonyl (C=O) groups is 2. The standard InChI is InChI=1S/C27H34F3N3O5.C14H9F3N2O4.C8H17N/c1-25(2,3)38-24(34)32(18-10-12-26(4,5)13-11-18)16-17-6-8-19(9-7-17)37-23-15-21(31)22(33(35)36)14-20(23)27(28,29)30;15-14(16,17)10-5-12(19(21)22)11(18)6-13(10)23-9-3-1-8(7-20)2-4-9;1-8(2)5-3-7(9)4-6-8/h6-9,14-15,18H,10-13,16,31H2,1-5H3;1-7H,18H2;7H,3-6,9H2,1-2H3. The van der Waals surface area contributed by atoms with Crippen molar-refractivity contribution >= 4 is 35.1 Å². The van der Waals surface area contributed by atoms with Crippen molar-refractivity contribution in [1.82, 2.24) is 4.90 Å². The normalized spacial score (nSPS) is 16.0. The van der Waals surface area contributed by atoms with Gasteiger partial charge in [0, 0.05) is 48.5 Å². The van der Waals surface area contributed by atoms with Crippen LogP contribution in [0.25, 0.3) is 0 Å². The van der Waals surface area contributed by atoms with Crippen molar-refractivity contribution in [2.45, 2.75) is 136 Å². The van der Waals surface area contributed by atoms with Gasteiger partial charge in [0.25, 0.3) is 11.4 Å². The second-order valence-corrected chi connectivity index (χ2v) is 19.9. The van der Waals surface area contributed by atoms with Crippen molar-refractivity contribution in [2.75, 3.05) is 11.5 Å². The average Bonchev–Trinajstić information content (AvgIpc) is 3.24. The molecular formula is C49H60F6N6O9. The quantitative estimate of drug-likeness (QED) is 0.0443. The second kappa shape index (κ2) is 22.4. The molecule has 4 aromatic rings. The molecule has 21 heteroatoms. The van der Waals surface area contributed by atoms with Gasteiger partial charge in [-0.15, -0.1) is 0 Å². The van der Waals surface area contributed by atoms with Gasteiger partial charge in [0.05, 0.1) is 9.85 Å². The van der Waals surface area contributed by atoms with E-state index in [1.165, 1.54) is 62.1 Å². The average molecular weight is 991 g/mol. The summed E-state index contributed by atoms with van der Waals surface area (Å²) in [5, 5.41) is 21.8. The fourth-order valence-corrected chi connectivity index (χ4v) is 7.60. The van der Waals surface area contributed by atoms with Crippen molar-refractivity contribution in [3.63, 3.8) is 0 Å². The molecule has 0 spiro atoms. The number of hydrogen-bond acceptors (Lipinski definition) is 12. The van der Waals surface area contributed by atoms with E-state index in [1.807, 2.05) is 0 Å². The summed E-state index contributed by atoms with van der Waals surface area (Å²) in [7, 11) is 0. The highest BCUT2D eigenvalue weighted by atomic mass is 19.4. The topological polar surface area (TPSA) is 229 Å². The van der Waals surface area contributed by atoms with Crippen LogP contribution in [0, 0.1) is 31.1 Å². The lowest BCUT2D eigenvalue weighted by Gasteiger charge is -2.40. The predicted octanol–water partition coefficient (Wildman–Crippen LogP) is 13.4. The monoisotopic (exact) mass is 990 g/mol. The van der Waals surface area contributed by atoms with Gasteiger partial charge in [0.15, 0.2) is 0 Å². The first kappa shape index (κ1) is 56.0. The van der Waals surface area contributed by atoms with Crippen LogP contribution in [0.4, 0.5) is 53.9 Å². The Balaban J connectivity index is 0.000000279. The van der Waals surface area contributed by atoms with E-state index in [0.29, 0.717) is 35.4 Å². The molecule has 0 aliphatic heterocycles. The molecule has 2 fully saturated rings.